The Morgan fingerprint density at radius 3 is 2.46 bits per heavy atom. The average Bonchev–Trinajstić information content (AvgIpc) is 3.25. The van der Waals surface area contributed by atoms with Gasteiger partial charge in [-0.2, -0.15) is 0 Å². The van der Waals surface area contributed by atoms with E-state index in [-0.39, 0.29) is 36.6 Å². The molecular weight excluding hydrogens is 484 g/mol. The molecule has 1 aromatic heterocycles. The zero-order valence-electron chi connectivity index (χ0n) is 19.8. The molecule has 9 heteroatoms. The summed E-state index contributed by atoms with van der Waals surface area (Å²) in [5, 5.41) is 8.10. The standard InChI is InChI=1S/C26H29ClN4O3S/c1-18(2)15-31(25(34)21-10-6-7-11-22(21)27)16-24(33)30-26-29-20(17-35-26)14-23(32)28-13-12-19-8-4-3-5-9-19/h3-11,17-18H,12-16H2,1-2H3,(H,28,32)(H,29,30,33). The minimum absolute atomic E-state index is 0.127. The maximum absolute atomic E-state index is 13.0. The fourth-order valence-electron chi connectivity index (χ4n) is 3.46. The van der Waals surface area contributed by atoms with Crippen LogP contribution in [0.5, 0.6) is 0 Å². The van der Waals surface area contributed by atoms with Crippen molar-refractivity contribution in [1.82, 2.24) is 15.2 Å². The SMILES string of the molecule is CC(C)CN(CC(=O)Nc1nc(CC(=O)NCCc2ccccc2)cs1)C(=O)c1ccccc1Cl. The number of rotatable bonds is 11. The summed E-state index contributed by atoms with van der Waals surface area (Å²) in [5.41, 5.74) is 2.09. The van der Waals surface area contributed by atoms with Crippen LogP contribution in [-0.4, -0.2) is 47.2 Å². The summed E-state index contributed by atoms with van der Waals surface area (Å²) in [6.07, 6.45) is 0.885. The maximum atomic E-state index is 13.0. The Kier molecular flexibility index (Phi) is 9.81. The summed E-state index contributed by atoms with van der Waals surface area (Å²) in [4.78, 5) is 43.7. The minimum atomic E-state index is -0.362. The first-order valence-corrected chi connectivity index (χ1v) is 12.7. The van der Waals surface area contributed by atoms with E-state index in [1.54, 1.807) is 29.6 Å². The topological polar surface area (TPSA) is 91.4 Å². The van der Waals surface area contributed by atoms with Crippen molar-refractivity contribution in [1.29, 1.82) is 0 Å². The monoisotopic (exact) mass is 512 g/mol. The molecule has 0 fully saturated rings. The Balaban J connectivity index is 1.51. The molecule has 2 aromatic carbocycles. The first-order valence-electron chi connectivity index (χ1n) is 11.4. The van der Waals surface area contributed by atoms with E-state index in [4.69, 9.17) is 11.6 Å². The average molecular weight is 513 g/mol. The van der Waals surface area contributed by atoms with Gasteiger partial charge in [0.1, 0.15) is 6.54 Å². The third-order valence-electron chi connectivity index (χ3n) is 5.03. The van der Waals surface area contributed by atoms with Crippen LogP contribution in [0.4, 0.5) is 5.13 Å². The van der Waals surface area contributed by atoms with Crippen LogP contribution in [0, 0.1) is 5.92 Å². The lowest BCUT2D eigenvalue weighted by Gasteiger charge is -2.24. The maximum Gasteiger partial charge on any atom is 0.255 e. The van der Waals surface area contributed by atoms with Gasteiger partial charge in [-0.05, 0) is 30.0 Å². The quantitative estimate of drug-likeness (QED) is 0.397. The molecule has 0 aliphatic carbocycles. The first kappa shape index (κ1) is 26.4. The van der Waals surface area contributed by atoms with Gasteiger partial charge in [0.05, 0.1) is 22.7 Å². The molecule has 0 saturated heterocycles. The Morgan fingerprint density at radius 2 is 1.74 bits per heavy atom. The number of nitrogens with zero attached hydrogens (tertiary/aromatic N) is 2. The number of carbonyl (C=O) groups excluding carboxylic acids is 3. The molecule has 3 amide bonds. The van der Waals surface area contributed by atoms with Gasteiger partial charge in [-0.25, -0.2) is 4.98 Å². The van der Waals surface area contributed by atoms with Crippen LogP contribution in [-0.2, 0) is 22.4 Å². The number of thiazole rings is 1. The van der Waals surface area contributed by atoms with Crippen molar-refractivity contribution in [2.24, 2.45) is 5.92 Å². The minimum Gasteiger partial charge on any atom is -0.355 e. The van der Waals surface area contributed by atoms with Gasteiger partial charge in [0.15, 0.2) is 5.13 Å². The molecule has 0 unspecified atom stereocenters. The van der Waals surface area contributed by atoms with E-state index in [2.05, 4.69) is 15.6 Å². The van der Waals surface area contributed by atoms with E-state index < -0.39 is 0 Å². The third-order valence-corrected chi connectivity index (χ3v) is 6.17. The molecule has 0 aliphatic heterocycles. The van der Waals surface area contributed by atoms with Crippen molar-refractivity contribution in [3.05, 3.63) is 81.8 Å². The van der Waals surface area contributed by atoms with E-state index in [1.165, 1.54) is 16.2 Å². The van der Waals surface area contributed by atoms with Crippen molar-refractivity contribution >= 4 is 45.8 Å². The van der Waals surface area contributed by atoms with Crippen LogP contribution in [0.1, 0.15) is 35.5 Å². The largest absolute Gasteiger partial charge is 0.355 e. The molecule has 2 N–H and O–H groups in total. The van der Waals surface area contributed by atoms with Gasteiger partial charge < -0.3 is 15.5 Å². The number of carbonyl (C=O) groups is 3. The van der Waals surface area contributed by atoms with Crippen LogP contribution < -0.4 is 10.6 Å². The molecule has 0 bridgehead atoms. The molecule has 0 aliphatic rings. The summed E-state index contributed by atoms with van der Waals surface area (Å²) >= 11 is 7.43. The van der Waals surface area contributed by atoms with E-state index in [0.717, 1.165) is 12.0 Å². The van der Waals surface area contributed by atoms with Crippen LogP contribution in [0.3, 0.4) is 0 Å². The van der Waals surface area contributed by atoms with Crippen molar-refractivity contribution in [3.8, 4) is 0 Å². The molecule has 3 aromatic rings. The second-order valence-corrected chi connectivity index (χ2v) is 9.78. The second-order valence-electron chi connectivity index (χ2n) is 8.51. The molecule has 0 saturated carbocycles. The zero-order valence-corrected chi connectivity index (χ0v) is 21.4. The molecule has 0 radical (unpaired) electrons. The third kappa shape index (κ3) is 8.49. The highest BCUT2D eigenvalue weighted by Crippen LogP contribution is 2.19. The molecule has 184 valence electrons. The molecule has 7 nitrogen and oxygen atoms in total. The van der Waals surface area contributed by atoms with Crippen molar-refractivity contribution in [3.63, 3.8) is 0 Å². The first-order chi connectivity index (χ1) is 16.8. The van der Waals surface area contributed by atoms with Crippen LogP contribution in [0.25, 0.3) is 0 Å². The number of hydrogen-bond acceptors (Lipinski definition) is 5. The predicted molar refractivity (Wildman–Crippen MR) is 140 cm³/mol. The molecular formula is C26H29ClN4O3S. The van der Waals surface area contributed by atoms with Gasteiger partial charge in [-0.15, -0.1) is 11.3 Å². The lowest BCUT2D eigenvalue weighted by molar-refractivity contribution is -0.120. The Morgan fingerprint density at radius 1 is 1.03 bits per heavy atom. The highest BCUT2D eigenvalue weighted by atomic mass is 35.5. The van der Waals surface area contributed by atoms with E-state index >= 15 is 0 Å². The van der Waals surface area contributed by atoms with Gasteiger partial charge in [0.25, 0.3) is 5.91 Å². The Hall–Kier alpha value is -3.23. The van der Waals surface area contributed by atoms with Gasteiger partial charge in [-0.1, -0.05) is 67.9 Å². The summed E-state index contributed by atoms with van der Waals surface area (Å²) in [7, 11) is 0. The van der Waals surface area contributed by atoms with Crippen LogP contribution in [0.2, 0.25) is 5.02 Å². The lowest BCUT2D eigenvalue weighted by atomic mass is 10.1. The fourth-order valence-corrected chi connectivity index (χ4v) is 4.40. The molecule has 35 heavy (non-hydrogen) atoms. The zero-order chi connectivity index (χ0) is 25.2. The van der Waals surface area contributed by atoms with Crippen LogP contribution in [0.15, 0.2) is 60.0 Å². The highest BCUT2D eigenvalue weighted by molar-refractivity contribution is 7.13. The number of nitrogens with one attached hydrogen (secondary N) is 2. The van der Waals surface area contributed by atoms with Crippen LogP contribution >= 0.6 is 22.9 Å². The van der Waals surface area contributed by atoms with Crippen molar-refractivity contribution in [2.45, 2.75) is 26.7 Å². The Bertz CT molecular complexity index is 1150. The summed E-state index contributed by atoms with van der Waals surface area (Å²) in [5.74, 6) is -0.621. The van der Waals surface area contributed by atoms with Crippen molar-refractivity contribution in [2.75, 3.05) is 25.0 Å². The molecule has 3 rings (SSSR count). The molecule has 0 spiro atoms. The van der Waals surface area contributed by atoms with Gasteiger partial charge in [-0.3, -0.25) is 14.4 Å². The molecule has 1 heterocycles. The second kappa shape index (κ2) is 13.0. The number of aromatic nitrogens is 1. The predicted octanol–water partition coefficient (Wildman–Crippen LogP) is 4.43. The number of halogens is 1. The number of anilines is 1. The van der Waals surface area contributed by atoms with Gasteiger partial charge >= 0.3 is 0 Å². The highest BCUT2D eigenvalue weighted by Gasteiger charge is 2.22. The van der Waals surface area contributed by atoms with Crippen molar-refractivity contribution < 1.29 is 14.4 Å². The fraction of sp³-hybridized carbons (Fsp3) is 0.308. The van der Waals surface area contributed by atoms with E-state index in [0.29, 0.717) is 34.5 Å². The normalized spacial score (nSPS) is 10.7. The van der Waals surface area contributed by atoms with Gasteiger partial charge in [0, 0.05) is 18.5 Å². The van der Waals surface area contributed by atoms with E-state index in [9.17, 15) is 14.4 Å². The number of amides is 3. The number of benzene rings is 2. The number of hydrogen-bond donors (Lipinski definition) is 2. The van der Waals surface area contributed by atoms with E-state index in [1.807, 2.05) is 44.2 Å². The molecule has 0 atom stereocenters. The van der Waals surface area contributed by atoms with Gasteiger partial charge in [0.2, 0.25) is 11.8 Å². The summed E-state index contributed by atoms with van der Waals surface area (Å²) < 4.78 is 0. The smallest absolute Gasteiger partial charge is 0.255 e. The Labute approximate surface area is 214 Å². The lowest BCUT2D eigenvalue weighted by Crippen LogP contribution is -2.40. The summed E-state index contributed by atoms with van der Waals surface area (Å²) in [6.45, 7) is 4.77. The summed E-state index contributed by atoms with van der Waals surface area (Å²) in [6, 6.07) is 16.7.